The van der Waals surface area contributed by atoms with Gasteiger partial charge in [0.15, 0.2) is 0 Å². The maximum Gasteiger partial charge on any atom is 0.254 e. The number of hydrogen-bond acceptors (Lipinski definition) is 5. The summed E-state index contributed by atoms with van der Waals surface area (Å²) >= 11 is 0. The maximum absolute atomic E-state index is 13.5. The van der Waals surface area contributed by atoms with Gasteiger partial charge in [-0.15, -0.1) is 0 Å². The van der Waals surface area contributed by atoms with E-state index in [9.17, 15) is 9.59 Å². The van der Waals surface area contributed by atoms with Crippen LogP contribution < -0.4 is 15.0 Å². The van der Waals surface area contributed by atoms with Crippen molar-refractivity contribution in [2.24, 2.45) is 5.92 Å². The van der Waals surface area contributed by atoms with Gasteiger partial charge in [-0.1, -0.05) is 0 Å². The average Bonchev–Trinajstić information content (AvgIpc) is 3.55. The third-order valence-electron chi connectivity index (χ3n) is 6.21. The fraction of sp³-hybridized carbons (Fsp3) is 0.462. The Labute approximate surface area is 195 Å². The highest BCUT2D eigenvalue weighted by Gasteiger charge is 2.30. The molecule has 1 saturated carbocycles. The molecule has 0 radical (unpaired) electrons. The molecule has 1 aliphatic carbocycles. The second-order valence-corrected chi connectivity index (χ2v) is 9.05. The largest absolute Gasteiger partial charge is 0.497 e. The topological polar surface area (TPSA) is 71.1 Å². The Kier molecular flexibility index (Phi) is 7.18. The third-order valence-corrected chi connectivity index (χ3v) is 6.21. The van der Waals surface area contributed by atoms with Crippen molar-refractivity contribution in [3.63, 3.8) is 0 Å². The first kappa shape index (κ1) is 23.1. The molecule has 1 atom stereocenters. The molecule has 0 bridgehead atoms. The molecule has 7 nitrogen and oxygen atoms in total. The highest BCUT2D eigenvalue weighted by molar-refractivity contribution is 5.95. The molecule has 7 heteroatoms. The first-order valence-corrected chi connectivity index (χ1v) is 11.6. The van der Waals surface area contributed by atoms with E-state index in [0.29, 0.717) is 24.4 Å². The van der Waals surface area contributed by atoms with Crippen molar-refractivity contribution in [1.29, 1.82) is 0 Å². The number of ether oxygens (including phenoxy) is 2. The molecule has 2 aliphatic rings. The molecule has 1 heterocycles. The first-order valence-electron chi connectivity index (χ1n) is 11.6. The molecule has 1 saturated heterocycles. The zero-order chi connectivity index (χ0) is 23.4. The van der Waals surface area contributed by atoms with Crippen LogP contribution in [0.1, 0.15) is 41.6 Å². The van der Waals surface area contributed by atoms with Gasteiger partial charge in [-0.25, -0.2) is 0 Å². The molecule has 0 spiro atoms. The van der Waals surface area contributed by atoms with Gasteiger partial charge in [-0.05, 0) is 73.7 Å². The number of nitrogens with one attached hydrogen (secondary N) is 1. The number of carbonyl (C=O) groups is 2. The predicted octanol–water partition coefficient (Wildman–Crippen LogP) is 3.93. The van der Waals surface area contributed by atoms with E-state index in [1.54, 1.807) is 31.4 Å². The Morgan fingerprint density at radius 3 is 2.45 bits per heavy atom. The second-order valence-electron chi connectivity index (χ2n) is 9.05. The Bertz CT molecular complexity index is 980. The minimum absolute atomic E-state index is 0.0350. The van der Waals surface area contributed by atoms with E-state index in [1.807, 2.05) is 42.1 Å². The van der Waals surface area contributed by atoms with Gasteiger partial charge in [0.2, 0.25) is 5.91 Å². The number of carbonyl (C=O) groups excluding carboxylic acids is 2. The van der Waals surface area contributed by atoms with Crippen LogP contribution in [0.25, 0.3) is 0 Å². The van der Waals surface area contributed by atoms with E-state index in [1.165, 1.54) is 0 Å². The zero-order valence-electron chi connectivity index (χ0n) is 19.7. The highest BCUT2D eigenvalue weighted by Crippen LogP contribution is 2.31. The van der Waals surface area contributed by atoms with Crippen LogP contribution in [0, 0.1) is 5.92 Å². The van der Waals surface area contributed by atoms with Crippen LogP contribution in [0.5, 0.6) is 5.75 Å². The molecule has 2 fully saturated rings. The van der Waals surface area contributed by atoms with Crippen LogP contribution in [-0.2, 0) is 16.1 Å². The van der Waals surface area contributed by atoms with E-state index in [0.717, 1.165) is 49.2 Å². The predicted molar refractivity (Wildman–Crippen MR) is 129 cm³/mol. The smallest absolute Gasteiger partial charge is 0.254 e. The van der Waals surface area contributed by atoms with Crippen molar-refractivity contribution in [1.82, 2.24) is 4.90 Å². The fourth-order valence-electron chi connectivity index (χ4n) is 4.19. The molecule has 1 aliphatic heterocycles. The second kappa shape index (κ2) is 10.3. The van der Waals surface area contributed by atoms with Crippen LogP contribution in [0.4, 0.5) is 11.4 Å². The SMILES string of the molecule is COc1ccc(C(=O)N(Cc2cc(NC(=O)C3CC3)ccc2N(C)C)CC2CCCO2)cc1. The van der Waals surface area contributed by atoms with Gasteiger partial charge in [0, 0.05) is 56.6 Å². The summed E-state index contributed by atoms with van der Waals surface area (Å²) in [6, 6.07) is 13.1. The van der Waals surface area contributed by atoms with E-state index < -0.39 is 0 Å². The van der Waals surface area contributed by atoms with Gasteiger partial charge in [0.25, 0.3) is 5.91 Å². The Morgan fingerprint density at radius 2 is 1.85 bits per heavy atom. The standard InChI is InChI=1S/C26H33N3O4/c1-28(2)24-13-10-21(27-25(30)18-6-7-18)15-20(24)16-29(17-23-5-4-14-33-23)26(31)19-8-11-22(32-3)12-9-19/h8-13,15,18,23H,4-7,14,16-17H2,1-3H3,(H,27,30). The lowest BCUT2D eigenvalue weighted by atomic mass is 10.1. The molecule has 2 amide bonds. The average molecular weight is 452 g/mol. The van der Waals surface area contributed by atoms with Gasteiger partial charge < -0.3 is 24.6 Å². The van der Waals surface area contributed by atoms with E-state index in [2.05, 4.69) is 5.32 Å². The molecular formula is C26H33N3O4. The van der Waals surface area contributed by atoms with Crippen LogP contribution in [0.15, 0.2) is 42.5 Å². The van der Waals surface area contributed by atoms with Gasteiger partial charge in [0.05, 0.1) is 13.2 Å². The third kappa shape index (κ3) is 5.85. The van der Waals surface area contributed by atoms with Crippen molar-refractivity contribution < 1.29 is 19.1 Å². The van der Waals surface area contributed by atoms with E-state index >= 15 is 0 Å². The molecule has 2 aromatic rings. The Morgan fingerprint density at radius 1 is 1.09 bits per heavy atom. The number of rotatable bonds is 9. The highest BCUT2D eigenvalue weighted by atomic mass is 16.5. The molecule has 2 aromatic carbocycles. The minimum atomic E-state index is -0.0507. The van der Waals surface area contributed by atoms with Gasteiger partial charge in [-0.2, -0.15) is 0 Å². The normalized spacial score (nSPS) is 17.5. The summed E-state index contributed by atoms with van der Waals surface area (Å²) < 4.78 is 11.1. The number of amides is 2. The number of hydrogen-bond donors (Lipinski definition) is 1. The van der Waals surface area contributed by atoms with Gasteiger partial charge in [-0.3, -0.25) is 9.59 Å². The molecule has 33 heavy (non-hydrogen) atoms. The molecule has 1 N–H and O–H groups in total. The molecule has 1 unspecified atom stereocenters. The molecule has 0 aromatic heterocycles. The van der Waals surface area contributed by atoms with E-state index in [4.69, 9.17) is 9.47 Å². The number of nitrogens with zero attached hydrogens (tertiary/aromatic N) is 2. The Balaban J connectivity index is 1.60. The minimum Gasteiger partial charge on any atom is -0.497 e. The van der Waals surface area contributed by atoms with Crippen molar-refractivity contribution in [3.8, 4) is 5.75 Å². The monoisotopic (exact) mass is 451 g/mol. The number of anilines is 2. The fourth-order valence-corrected chi connectivity index (χ4v) is 4.19. The first-order chi connectivity index (χ1) is 15.9. The van der Waals surface area contributed by atoms with Gasteiger partial charge >= 0.3 is 0 Å². The summed E-state index contributed by atoms with van der Waals surface area (Å²) in [5, 5.41) is 3.03. The van der Waals surface area contributed by atoms with E-state index in [-0.39, 0.29) is 23.8 Å². The van der Waals surface area contributed by atoms with Crippen LogP contribution in [-0.4, -0.2) is 57.2 Å². The lowest BCUT2D eigenvalue weighted by Crippen LogP contribution is -2.37. The maximum atomic E-state index is 13.5. The molecular weight excluding hydrogens is 418 g/mol. The van der Waals surface area contributed by atoms with Crippen molar-refractivity contribution in [2.75, 3.05) is 44.6 Å². The summed E-state index contributed by atoms with van der Waals surface area (Å²) in [6.45, 7) is 1.68. The van der Waals surface area contributed by atoms with Crippen LogP contribution >= 0.6 is 0 Å². The van der Waals surface area contributed by atoms with Crippen molar-refractivity contribution >= 4 is 23.2 Å². The van der Waals surface area contributed by atoms with Crippen LogP contribution in [0.2, 0.25) is 0 Å². The summed E-state index contributed by atoms with van der Waals surface area (Å²) in [5.74, 6) is 0.871. The summed E-state index contributed by atoms with van der Waals surface area (Å²) in [4.78, 5) is 29.7. The number of benzene rings is 2. The van der Waals surface area contributed by atoms with Crippen molar-refractivity contribution in [2.45, 2.75) is 38.3 Å². The summed E-state index contributed by atoms with van der Waals surface area (Å²) in [7, 11) is 5.58. The summed E-state index contributed by atoms with van der Waals surface area (Å²) in [5.41, 5.74) is 3.37. The number of methoxy groups -OCH3 is 1. The Hall–Kier alpha value is -3.06. The van der Waals surface area contributed by atoms with Crippen molar-refractivity contribution in [3.05, 3.63) is 53.6 Å². The zero-order valence-corrected chi connectivity index (χ0v) is 19.7. The molecule has 176 valence electrons. The van der Waals surface area contributed by atoms with Crippen LogP contribution in [0.3, 0.4) is 0 Å². The molecule has 4 rings (SSSR count). The lowest BCUT2D eigenvalue weighted by Gasteiger charge is -2.28. The summed E-state index contributed by atoms with van der Waals surface area (Å²) in [6.07, 6.45) is 3.92. The quantitative estimate of drug-likeness (QED) is 0.626. The lowest BCUT2D eigenvalue weighted by molar-refractivity contribution is -0.117. The van der Waals surface area contributed by atoms with Gasteiger partial charge in [0.1, 0.15) is 5.75 Å².